The van der Waals surface area contributed by atoms with E-state index in [9.17, 15) is 9.59 Å². The average molecular weight is 411 g/mol. The number of aromatic nitrogens is 4. The van der Waals surface area contributed by atoms with E-state index in [4.69, 9.17) is 0 Å². The van der Waals surface area contributed by atoms with Crippen molar-refractivity contribution in [1.29, 1.82) is 0 Å². The van der Waals surface area contributed by atoms with Crippen LogP contribution in [-0.2, 0) is 32.9 Å². The van der Waals surface area contributed by atoms with Crippen molar-refractivity contribution in [3.05, 3.63) is 62.3 Å². The van der Waals surface area contributed by atoms with Crippen LogP contribution < -0.4 is 15.8 Å². The fourth-order valence-corrected chi connectivity index (χ4v) is 5.03. The summed E-state index contributed by atoms with van der Waals surface area (Å²) in [5.74, 6) is -0.262. The second-order valence-corrected chi connectivity index (χ2v) is 8.57. The number of hydrogen-bond donors (Lipinski definition) is 2. The van der Waals surface area contributed by atoms with Crippen LogP contribution in [-0.4, -0.2) is 38.2 Å². The molecule has 0 fully saturated rings. The Morgan fingerprint density at radius 3 is 3.07 bits per heavy atom. The van der Waals surface area contributed by atoms with Crippen molar-refractivity contribution in [2.45, 2.75) is 38.3 Å². The molecule has 9 heteroatoms. The molecule has 4 heterocycles. The first-order valence-electron chi connectivity index (χ1n) is 9.78. The summed E-state index contributed by atoms with van der Waals surface area (Å²) >= 11 is 1.60. The molecule has 0 aromatic carbocycles. The van der Waals surface area contributed by atoms with Gasteiger partial charge in [-0.25, -0.2) is 4.98 Å². The number of thiazole rings is 1. The van der Waals surface area contributed by atoms with Gasteiger partial charge in [0.2, 0.25) is 0 Å². The van der Waals surface area contributed by atoms with E-state index in [-0.39, 0.29) is 17.5 Å². The molecule has 2 N–H and O–H groups in total. The molecule has 3 aromatic rings. The maximum absolute atomic E-state index is 13.1. The van der Waals surface area contributed by atoms with Crippen molar-refractivity contribution in [3.8, 4) is 0 Å². The molecule has 0 saturated carbocycles. The van der Waals surface area contributed by atoms with E-state index in [2.05, 4.69) is 25.4 Å². The lowest BCUT2D eigenvalue weighted by Crippen LogP contribution is -2.43. The predicted octanol–water partition coefficient (Wildman–Crippen LogP) is 1.41. The molecule has 1 amide bonds. The third-order valence-corrected chi connectivity index (χ3v) is 6.67. The highest BCUT2D eigenvalue weighted by Crippen LogP contribution is 2.27. The Bertz CT molecular complexity index is 1120. The predicted molar refractivity (Wildman–Crippen MR) is 110 cm³/mol. The van der Waals surface area contributed by atoms with Gasteiger partial charge < -0.3 is 14.8 Å². The minimum absolute atomic E-state index is 0.0172. The molecular weight excluding hydrogens is 388 g/mol. The highest BCUT2D eigenvalue weighted by atomic mass is 32.1. The molecule has 0 radical (unpaired) electrons. The molecule has 5 rings (SSSR count). The van der Waals surface area contributed by atoms with Crippen LogP contribution >= 0.6 is 11.3 Å². The van der Waals surface area contributed by atoms with Gasteiger partial charge in [0.05, 0.1) is 6.20 Å². The molecule has 8 nitrogen and oxygen atoms in total. The van der Waals surface area contributed by atoms with Crippen LogP contribution in [0.5, 0.6) is 0 Å². The largest absolute Gasteiger partial charge is 0.349 e. The number of fused-ring (bicyclic) bond motifs is 2. The normalized spacial score (nSPS) is 18.2. The lowest BCUT2D eigenvalue weighted by atomic mass is 9.92. The van der Waals surface area contributed by atoms with E-state index >= 15 is 0 Å². The van der Waals surface area contributed by atoms with Crippen LogP contribution in [0.2, 0.25) is 0 Å². The smallest absolute Gasteiger partial charge is 0.263 e. The van der Waals surface area contributed by atoms with Crippen LogP contribution in [0.1, 0.15) is 39.2 Å². The molecular formula is C20H22N6O2S. The van der Waals surface area contributed by atoms with Gasteiger partial charge in [0.25, 0.3) is 11.5 Å². The van der Waals surface area contributed by atoms with E-state index in [1.54, 1.807) is 24.6 Å². The maximum atomic E-state index is 13.1. The van der Waals surface area contributed by atoms with Gasteiger partial charge in [0.1, 0.15) is 5.56 Å². The first kappa shape index (κ1) is 18.1. The molecule has 1 unspecified atom stereocenters. The summed E-state index contributed by atoms with van der Waals surface area (Å²) < 4.78 is 1.52. The number of pyridine rings is 1. The fraction of sp³-hybridized carbons (Fsp3) is 0.400. The number of nitrogens with zero attached hydrogens (tertiary/aromatic N) is 4. The summed E-state index contributed by atoms with van der Waals surface area (Å²) in [7, 11) is 1.71. The van der Waals surface area contributed by atoms with E-state index in [0.29, 0.717) is 18.5 Å². The van der Waals surface area contributed by atoms with Gasteiger partial charge in [-0.05, 0) is 42.4 Å². The Hall–Kier alpha value is -2.94. The Labute approximate surface area is 171 Å². The molecule has 1 aliphatic heterocycles. The third kappa shape index (κ3) is 3.25. The zero-order valence-electron chi connectivity index (χ0n) is 16.1. The van der Waals surface area contributed by atoms with Gasteiger partial charge in [0.15, 0.2) is 5.13 Å². The first-order valence-corrected chi connectivity index (χ1v) is 10.7. The quantitative estimate of drug-likeness (QED) is 0.681. The van der Waals surface area contributed by atoms with Crippen molar-refractivity contribution in [2.75, 3.05) is 11.4 Å². The lowest BCUT2D eigenvalue weighted by molar-refractivity contribution is 0.0930. The number of rotatable bonds is 3. The average Bonchev–Trinajstić information content (AvgIpc) is 3.40. The topological polar surface area (TPSA) is 95.9 Å². The second kappa shape index (κ2) is 7.14. The summed E-state index contributed by atoms with van der Waals surface area (Å²) in [6.07, 6.45) is 8.57. The Balaban J connectivity index is 1.42. The lowest BCUT2D eigenvalue weighted by Gasteiger charge is -2.30. The SMILES string of the molecule is Cn1cc2c(c(C(=O)NC3CCc4[nH]ncc4C3)c1=O)CCN(c1nccs1)C2. The minimum atomic E-state index is -0.262. The van der Waals surface area contributed by atoms with Gasteiger partial charge in [-0.1, -0.05) is 0 Å². The number of hydrogen-bond acceptors (Lipinski definition) is 6. The van der Waals surface area contributed by atoms with Crippen LogP contribution in [0.4, 0.5) is 5.13 Å². The Morgan fingerprint density at radius 1 is 1.34 bits per heavy atom. The van der Waals surface area contributed by atoms with Crippen molar-refractivity contribution in [1.82, 2.24) is 25.1 Å². The molecule has 3 aromatic heterocycles. The van der Waals surface area contributed by atoms with Crippen LogP contribution in [0.25, 0.3) is 0 Å². The summed E-state index contributed by atoms with van der Waals surface area (Å²) in [4.78, 5) is 32.6. The molecule has 1 atom stereocenters. The molecule has 2 aliphatic rings. The number of carbonyl (C=O) groups excluding carboxylic acids is 1. The van der Waals surface area contributed by atoms with E-state index in [1.807, 2.05) is 17.8 Å². The van der Waals surface area contributed by atoms with Crippen molar-refractivity contribution in [3.63, 3.8) is 0 Å². The van der Waals surface area contributed by atoms with Crippen molar-refractivity contribution < 1.29 is 4.79 Å². The third-order valence-electron chi connectivity index (χ3n) is 5.83. The fourth-order valence-electron chi connectivity index (χ4n) is 4.36. The number of amides is 1. The number of anilines is 1. The molecule has 0 saturated heterocycles. The van der Waals surface area contributed by atoms with Crippen LogP contribution in [0, 0.1) is 0 Å². The maximum Gasteiger partial charge on any atom is 0.263 e. The number of carbonyl (C=O) groups is 1. The summed E-state index contributed by atoms with van der Waals surface area (Å²) in [5.41, 5.74) is 4.23. The monoisotopic (exact) mass is 410 g/mol. The summed E-state index contributed by atoms with van der Waals surface area (Å²) in [6.45, 7) is 1.40. The Morgan fingerprint density at radius 2 is 2.24 bits per heavy atom. The second-order valence-electron chi connectivity index (χ2n) is 7.70. The highest BCUT2D eigenvalue weighted by molar-refractivity contribution is 7.13. The number of aryl methyl sites for hydroxylation is 2. The number of H-pyrrole nitrogens is 1. The van der Waals surface area contributed by atoms with Gasteiger partial charge in [-0.3, -0.25) is 14.7 Å². The number of nitrogens with one attached hydrogen (secondary N) is 2. The van der Waals surface area contributed by atoms with E-state index in [1.165, 1.54) is 4.57 Å². The summed E-state index contributed by atoms with van der Waals surface area (Å²) in [5, 5.41) is 13.1. The van der Waals surface area contributed by atoms with Crippen LogP contribution in [0.3, 0.4) is 0 Å². The van der Waals surface area contributed by atoms with Crippen LogP contribution in [0.15, 0.2) is 28.8 Å². The van der Waals surface area contributed by atoms with Gasteiger partial charge in [0, 0.05) is 49.6 Å². The zero-order chi connectivity index (χ0) is 20.0. The van der Waals surface area contributed by atoms with E-state index < -0.39 is 0 Å². The highest BCUT2D eigenvalue weighted by Gasteiger charge is 2.28. The van der Waals surface area contributed by atoms with Gasteiger partial charge in [-0.2, -0.15) is 5.10 Å². The first-order chi connectivity index (χ1) is 14.1. The van der Waals surface area contributed by atoms with E-state index in [0.717, 1.165) is 53.3 Å². The zero-order valence-corrected chi connectivity index (χ0v) is 17.0. The number of aromatic amines is 1. The molecule has 0 bridgehead atoms. The van der Waals surface area contributed by atoms with Gasteiger partial charge >= 0.3 is 0 Å². The standard InChI is InChI=1S/C20H22N6O2S/c1-25-10-13-11-26(20-21-5-7-29-20)6-4-15(13)17(19(25)28)18(27)23-14-2-3-16-12(8-14)9-22-24-16/h5,7,9-10,14H,2-4,6,8,11H2,1H3,(H,22,24)(H,23,27). The molecule has 29 heavy (non-hydrogen) atoms. The molecule has 150 valence electrons. The van der Waals surface area contributed by atoms with Gasteiger partial charge in [-0.15, -0.1) is 11.3 Å². The van der Waals surface area contributed by atoms with Crippen molar-refractivity contribution >= 4 is 22.4 Å². The molecule has 1 aliphatic carbocycles. The van der Waals surface area contributed by atoms with Crippen molar-refractivity contribution in [2.24, 2.45) is 7.05 Å². The summed E-state index contributed by atoms with van der Waals surface area (Å²) in [6, 6.07) is 0.0172. The molecule has 0 spiro atoms. The Kier molecular flexibility index (Phi) is 4.46. The minimum Gasteiger partial charge on any atom is -0.349 e.